The van der Waals surface area contributed by atoms with E-state index in [4.69, 9.17) is 4.74 Å². The van der Waals surface area contributed by atoms with Gasteiger partial charge in [0.05, 0.1) is 12.1 Å². The van der Waals surface area contributed by atoms with Crippen molar-refractivity contribution >= 4 is 11.8 Å². The fraction of sp³-hybridized carbons (Fsp3) is 0.435. The maximum atomic E-state index is 13.0. The Morgan fingerprint density at radius 1 is 1.11 bits per heavy atom. The molecule has 2 aromatic rings. The first-order valence-corrected chi connectivity index (χ1v) is 9.70. The molecule has 1 saturated heterocycles. The summed E-state index contributed by atoms with van der Waals surface area (Å²) in [4.78, 5) is 14.9. The number of ether oxygens (including phenoxy) is 1. The molecule has 1 fully saturated rings. The highest BCUT2D eigenvalue weighted by molar-refractivity contribution is 5.71. The second-order valence-corrected chi connectivity index (χ2v) is 8.91. The lowest BCUT2D eigenvalue weighted by Gasteiger charge is -2.47. The van der Waals surface area contributed by atoms with Crippen LogP contribution in [0.15, 0.2) is 54.6 Å². The predicted molar refractivity (Wildman–Crippen MR) is 108 cm³/mol. The number of carbonyl (C=O) groups excluding carboxylic acids is 1. The van der Waals surface area contributed by atoms with Gasteiger partial charge in [-0.15, -0.1) is 0 Å². The Morgan fingerprint density at radius 3 is 2.48 bits per heavy atom. The minimum absolute atomic E-state index is 0.00462. The summed E-state index contributed by atoms with van der Waals surface area (Å²) < 4.78 is 5.74. The highest BCUT2D eigenvalue weighted by Crippen LogP contribution is 2.59. The van der Waals surface area contributed by atoms with Gasteiger partial charge in [-0.05, 0) is 44.4 Å². The van der Waals surface area contributed by atoms with E-state index in [0.29, 0.717) is 6.54 Å². The quantitative estimate of drug-likeness (QED) is 0.722. The summed E-state index contributed by atoms with van der Waals surface area (Å²) in [6.45, 7) is 8.76. The third-order valence-electron chi connectivity index (χ3n) is 5.80. The van der Waals surface area contributed by atoms with Crippen molar-refractivity contribution in [1.29, 1.82) is 0 Å². The van der Waals surface area contributed by atoms with Gasteiger partial charge in [-0.1, -0.05) is 55.5 Å². The van der Waals surface area contributed by atoms with Crippen LogP contribution in [0.4, 0.5) is 10.5 Å². The van der Waals surface area contributed by atoms with E-state index in [0.717, 1.165) is 12.1 Å². The van der Waals surface area contributed by atoms with E-state index in [1.54, 1.807) is 0 Å². The van der Waals surface area contributed by atoms with Crippen molar-refractivity contribution in [2.24, 2.45) is 5.41 Å². The van der Waals surface area contributed by atoms with Gasteiger partial charge in [-0.25, -0.2) is 4.79 Å². The Kier molecular flexibility index (Phi) is 4.17. The zero-order chi connectivity index (χ0) is 19.2. The van der Waals surface area contributed by atoms with E-state index in [9.17, 15) is 4.79 Å². The van der Waals surface area contributed by atoms with Crippen molar-refractivity contribution in [3.8, 4) is 0 Å². The number of nitrogens with zero attached hydrogens (tertiary/aromatic N) is 1. The SMILES string of the molecule is CC(C)(C)OC(=O)N1CC[C@]2(C)C1c1ccccc1N[C@@H]2c1ccccc1. The second-order valence-electron chi connectivity index (χ2n) is 8.91. The molecule has 27 heavy (non-hydrogen) atoms. The van der Waals surface area contributed by atoms with Gasteiger partial charge in [-0.2, -0.15) is 0 Å². The molecule has 0 bridgehead atoms. The number of carbonyl (C=O) groups is 1. The number of fused-ring (bicyclic) bond motifs is 3. The average molecular weight is 364 g/mol. The zero-order valence-corrected chi connectivity index (χ0v) is 16.5. The number of anilines is 1. The molecule has 4 rings (SSSR count). The number of nitrogens with one attached hydrogen (secondary N) is 1. The van der Waals surface area contributed by atoms with Crippen LogP contribution in [0.1, 0.15) is 57.3 Å². The molecule has 2 aromatic carbocycles. The lowest BCUT2D eigenvalue weighted by Crippen LogP contribution is -2.44. The zero-order valence-electron chi connectivity index (χ0n) is 16.5. The van der Waals surface area contributed by atoms with E-state index in [1.165, 1.54) is 11.1 Å². The van der Waals surface area contributed by atoms with Gasteiger partial charge in [0.15, 0.2) is 0 Å². The van der Waals surface area contributed by atoms with Crippen molar-refractivity contribution in [2.45, 2.75) is 51.8 Å². The summed E-state index contributed by atoms with van der Waals surface area (Å²) in [5.41, 5.74) is 2.93. The highest BCUT2D eigenvalue weighted by atomic mass is 16.6. The Morgan fingerprint density at radius 2 is 1.78 bits per heavy atom. The van der Waals surface area contributed by atoms with Gasteiger partial charge in [0.2, 0.25) is 0 Å². The number of hydrogen-bond acceptors (Lipinski definition) is 3. The van der Waals surface area contributed by atoms with Crippen LogP contribution in [0.3, 0.4) is 0 Å². The molecule has 4 heteroatoms. The van der Waals surface area contributed by atoms with E-state index in [1.807, 2.05) is 37.8 Å². The molecule has 3 atom stereocenters. The van der Waals surface area contributed by atoms with Crippen LogP contribution in [0.25, 0.3) is 0 Å². The Balaban J connectivity index is 1.78. The maximum absolute atomic E-state index is 13.0. The first-order chi connectivity index (χ1) is 12.8. The van der Waals surface area contributed by atoms with Crippen molar-refractivity contribution in [2.75, 3.05) is 11.9 Å². The number of para-hydroxylation sites is 1. The Bertz CT molecular complexity index is 843. The Labute approximate surface area is 161 Å². The van der Waals surface area contributed by atoms with Gasteiger partial charge in [-0.3, -0.25) is 0 Å². The summed E-state index contributed by atoms with van der Waals surface area (Å²) in [5.74, 6) is 0. The maximum Gasteiger partial charge on any atom is 0.410 e. The Hall–Kier alpha value is -2.49. The molecule has 0 aliphatic carbocycles. The molecular weight excluding hydrogens is 336 g/mol. The topological polar surface area (TPSA) is 41.6 Å². The van der Waals surface area contributed by atoms with Crippen molar-refractivity contribution in [1.82, 2.24) is 4.90 Å². The number of benzene rings is 2. The van der Waals surface area contributed by atoms with Crippen LogP contribution >= 0.6 is 0 Å². The minimum Gasteiger partial charge on any atom is -0.444 e. The number of amides is 1. The third-order valence-corrected chi connectivity index (χ3v) is 5.80. The first kappa shape index (κ1) is 17.9. The summed E-state index contributed by atoms with van der Waals surface area (Å²) in [7, 11) is 0. The molecule has 2 aliphatic rings. The molecule has 0 saturated carbocycles. The van der Waals surface area contributed by atoms with Crippen molar-refractivity contribution < 1.29 is 9.53 Å². The van der Waals surface area contributed by atoms with E-state index in [2.05, 4.69) is 54.7 Å². The normalized spacial score (nSPS) is 26.7. The standard InChI is InChI=1S/C23H28N2O2/c1-22(2,3)27-21(26)25-15-14-23(4)19(16-10-6-5-7-11-16)24-18-13-9-8-12-17(18)20(23)25/h5-13,19-20,24H,14-15H2,1-4H3/t19-,20?,23+/m1/s1. The molecule has 4 nitrogen and oxygen atoms in total. The molecule has 0 spiro atoms. The van der Waals surface area contributed by atoms with E-state index < -0.39 is 5.60 Å². The molecule has 2 heterocycles. The second kappa shape index (κ2) is 6.29. The van der Waals surface area contributed by atoms with Crippen LogP contribution in [0.2, 0.25) is 0 Å². The largest absolute Gasteiger partial charge is 0.444 e. The predicted octanol–water partition coefficient (Wildman–Crippen LogP) is 5.54. The lowest BCUT2D eigenvalue weighted by molar-refractivity contribution is 0.0147. The van der Waals surface area contributed by atoms with Gasteiger partial charge in [0.1, 0.15) is 5.60 Å². The fourth-order valence-electron chi connectivity index (χ4n) is 4.62. The number of likely N-dealkylation sites (tertiary alicyclic amines) is 1. The smallest absolute Gasteiger partial charge is 0.410 e. The summed E-state index contributed by atoms with van der Waals surface area (Å²) in [6, 6.07) is 19.0. The average Bonchev–Trinajstić information content (AvgIpc) is 2.99. The lowest BCUT2D eigenvalue weighted by atomic mass is 9.68. The summed E-state index contributed by atoms with van der Waals surface area (Å²) in [5, 5.41) is 3.75. The molecule has 1 amide bonds. The van der Waals surface area contributed by atoms with Crippen LogP contribution in [0, 0.1) is 5.41 Å². The van der Waals surface area contributed by atoms with Crippen LogP contribution < -0.4 is 5.32 Å². The van der Waals surface area contributed by atoms with Crippen LogP contribution in [-0.2, 0) is 4.74 Å². The molecule has 2 aliphatic heterocycles. The van der Waals surface area contributed by atoms with Crippen molar-refractivity contribution in [3.05, 3.63) is 65.7 Å². The fourth-order valence-corrected chi connectivity index (χ4v) is 4.62. The van der Waals surface area contributed by atoms with Crippen LogP contribution in [-0.4, -0.2) is 23.1 Å². The first-order valence-electron chi connectivity index (χ1n) is 9.70. The summed E-state index contributed by atoms with van der Waals surface area (Å²) >= 11 is 0. The van der Waals surface area contributed by atoms with Crippen molar-refractivity contribution in [3.63, 3.8) is 0 Å². The monoisotopic (exact) mass is 364 g/mol. The van der Waals surface area contributed by atoms with Gasteiger partial charge in [0, 0.05) is 17.6 Å². The number of rotatable bonds is 1. The molecule has 0 radical (unpaired) electrons. The molecule has 142 valence electrons. The molecule has 1 N–H and O–H groups in total. The molecular formula is C23H28N2O2. The van der Waals surface area contributed by atoms with E-state index in [-0.39, 0.29) is 23.6 Å². The number of hydrogen-bond donors (Lipinski definition) is 1. The van der Waals surface area contributed by atoms with E-state index >= 15 is 0 Å². The van der Waals surface area contributed by atoms with Gasteiger partial charge >= 0.3 is 6.09 Å². The summed E-state index contributed by atoms with van der Waals surface area (Å²) in [6.07, 6.45) is 0.706. The minimum atomic E-state index is -0.499. The van der Waals surface area contributed by atoms with Gasteiger partial charge in [0.25, 0.3) is 0 Å². The third kappa shape index (κ3) is 3.07. The van der Waals surface area contributed by atoms with Crippen LogP contribution in [0.5, 0.6) is 0 Å². The highest BCUT2D eigenvalue weighted by Gasteiger charge is 2.55. The van der Waals surface area contributed by atoms with Gasteiger partial charge < -0.3 is 15.0 Å². The molecule has 0 aromatic heterocycles. The molecule has 1 unspecified atom stereocenters.